The van der Waals surface area contributed by atoms with E-state index >= 15 is 0 Å². The zero-order valence-corrected chi connectivity index (χ0v) is 14.7. The monoisotopic (exact) mass is 298 g/mol. The second-order valence-corrected chi connectivity index (χ2v) is 7.86. The van der Waals surface area contributed by atoms with Gasteiger partial charge in [-0.25, -0.2) is 4.79 Å². The second kappa shape index (κ2) is 8.02. The van der Waals surface area contributed by atoms with Gasteiger partial charge in [0.15, 0.2) is 0 Å². The largest absolute Gasteiger partial charge is 0.444 e. The molecule has 1 fully saturated rings. The van der Waals surface area contributed by atoms with Gasteiger partial charge in [0.2, 0.25) is 0 Å². The fraction of sp³-hybridized carbons (Fsp3) is 0.941. The Kier molecular flexibility index (Phi) is 6.98. The molecule has 2 N–H and O–H groups in total. The first kappa shape index (κ1) is 18.3. The van der Waals surface area contributed by atoms with Gasteiger partial charge in [-0.3, -0.25) is 0 Å². The van der Waals surface area contributed by atoms with Crippen LogP contribution in [0.4, 0.5) is 4.79 Å². The zero-order chi connectivity index (χ0) is 16.0. The normalized spacial score (nSPS) is 24.7. The molecule has 0 aromatic rings. The van der Waals surface area contributed by atoms with E-state index < -0.39 is 5.60 Å². The Bertz CT molecular complexity index is 315. The molecule has 1 aliphatic rings. The molecule has 4 nitrogen and oxygen atoms in total. The van der Waals surface area contributed by atoms with E-state index in [4.69, 9.17) is 4.74 Å². The summed E-state index contributed by atoms with van der Waals surface area (Å²) >= 11 is 0. The third-order valence-electron chi connectivity index (χ3n) is 4.15. The van der Waals surface area contributed by atoms with Crippen LogP contribution in [0, 0.1) is 11.8 Å². The van der Waals surface area contributed by atoms with Crippen LogP contribution in [0.15, 0.2) is 0 Å². The fourth-order valence-electron chi connectivity index (χ4n) is 2.67. The molecule has 0 aliphatic heterocycles. The summed E-state index contributed by atoms with van der Waals surface area (Å²) in [6.45, 7) is 13.1. The van der Waals surface area contributed by atoms with Crippen LogP contribution in [-0.4, -0.2) is 30.3 Å². The standard InChI is InChI=1S/C17H34N2O2/c1-12(2)15(19-16(20)21-17(4,5)6)11-18-14-9-7-13(3)8-10-14/h12-15,18H,7-11H2,1-6H3,(H,19,20). The third-order valence-corrected chi connectivity index (χ3v) is 4.15. The Balaban J connectivity index is 2.38. The molecular weight excluding hydrogens is 264 g/mol. The van der Waals surface area contributed by atoms with Crippen molar-refractivity contribution in [2.45, 2.75) is 84.9 Å². The van der Waals surface area contributed by atoms with E-state index in [2.05, 4.69) is 31.4 Å². The van der Waals surface area contributed by atoms with Gasteiger partial charge < -0.3 is 15.4 Å². The van der Waals surface area contributed by atoms with E-state index in [1.807, 2.05) is 20.8 Å². The number of rotatable bonds is 5. The number of carbonyl (C=O) groups excluding carboxylic acids is 1. The number of amides is 1. The lowest BCUT2D eigenvalue weighted by molar-refractivity contribution is 0.0488. The summed E-state index contributed by atoms with van der Waals surface area (Å²) in [5.41, 5.74) is -0.446. The van der Waals surface area contributed by atoms with Gasteiger partial charge in [-0.1, -0.05) is 20.8 Å². The van der Waals surface area contributed by atoms with Crippen molar-refractivity contribution in [2.75, 3.05) is 6.54 Å². The van der Waals surface area contributed by atoms with Gasteiger partial charge in [-0.2, -0.15) is 0 Å². The Labute approximate surface area is 130 Å². The molecule has 0 heterocycles. The lowest BCUT2D eigenvalue weighted by atomic mass is 9.87. The highest BCUT2D eigenvalue weighted by Crippen LogP contribution is 2.23. The predicted octanol–water partition coefficient (Wildman–Crippen LogP) is 3.70. The average molecular weight is 298 g/mol. The maximum absolute atomic E-state index is 11.9. The molecular formula is C17H34N2O2. The van der Waals surface area contributed by atoms with E-state index in [0.29, 0.717) is 12.0 Å². The summed E-state index contributed by atoms with van der Waals surface area (Å²) in [7, 11) is 0. The van der Waals surface area contributed by atoms with Crippen molar-refractivity contribution in [3.05, 3.63) is 0 Å². The molecule has 124 valence electrons. The first-order valence-corrected chi connectivity index (χ1v) is 8.40. The van der Waals surface area contributed by atoms with E-state index in [9.17, 15) is 4.79 Å². The first-order chi connectivity index (χ1) is 9.67. The van der Waals surface area contributed by atoms with Crippen LogP contribution in [-0.2, 0) is 4.74 Å². The number of hydrogen-bond acceptors (Lipinski definition) is 3. The Morgan fingerprint density at radius 2 is 1.76 bits per heavy atom. The van der Waals surface area contributed by atoms with E-state index in [-0.39, 0.29) is 12.1 Å². The van der Waals surface area contributed by atoms with Crippen LogP contribution < -0.4 is 10.6 Å². The van der Waals surface area contributed by atoms with Crippen molar-refractivity contribution in [3.8, 4) is 0 Å². The average Bonchev–Trinajstić information content (AvgIpc) is 2.33. The minimum Gasteiger partial charge on any atom is -0.444 e. The van der Waals surface area contributed by atoms with Crippen molar-refractivity contribution in [1.29, 1.82) is 0 Å². The van der Waals surface area contributed by atoms with Crippen LogP contribution >= 0.6 is 0 Å². The van der Waals surface area contributed by atoms with Gasteiger partial charge in [0.25, 0.3) is 0 Å². The molecule has 21 heavy (non-hydrogen) atoms. The third kappa shape index (κ3) is 7.70. The van der Waals surface area contributed by atoms with E-state index in [1.54, 1.807) is 0 Å². The number of ether oxygens (including phenoxy) is 1. The molecule has 1 unspecified atom stereocenters. The van der Waals surface area contributed by atoms with Crippen LogP contribution in [0.2, 0.25) is 0 Å². The van der Waals surface area contributed by atoms with Gasteiger partial charge in [-0.15, -0.1) is 0 Å². The van der Waals surface area contributed by atoms with Crippen LogP contribution in [0.1, 0.15) is 67.2 Å². The highest BCUT2D eigenvalue weighted by molar-refractivity contribution is 5.68. The molecule has 0 spiro atoms. The lowest BCUT2D eigenvalue weighted by Gasteiger charge is -2.30. The van der Waals surface area contributed by atoms with Crippen LogP contribution in [0.25, 0.3) is 0 Å². The van der Waals surface area contributed by atoms with Crippen LogP contribution in [0.3, 0.4) is 0 Å². The van der Waals surface area contributed by atoms with Gasteiger partial charge >= 0.3 is 6.09 Å². The van der Waals surface area contributed by atoms with E-state index in [0.717, 1.165) is 12.5 Å². The maximum atomic E-state index is 11.9. The first-order valence-electron chi connectivity index (χ1n) is 8.40. The predicted molar refractivity (Wildman–Crippen MR) is 87.4 cm³/mol. The molecule has 0 bridgehead atoms. The van der Waals surface area contributed by atoms with Crippen molar-refractivity contribution >= 4 is 6.09 Å². The number of carbonyl (C=O) groups is 1. The summed E-state index contributed by atoms with van der Waals surface area (Å²) in [6.07, 6.45) is 4.80. The molecule has 1 atom stereocenters. The zero-order valence-electron chi connectivity index (χ0n) is 14.7. The SMILES string of the molecule is CC1CCC(NCC(NC(=O)OC(C)(C)C)C(C)C)CC1. The fourth-order valence-corrected chi connectivity index (χ4v) is 2.67. The quantitative estimate of drug-likeness (QED) is 0.813. The van der Waals surface area contributed by atoms with Crippen molar-refractivity contribution in [1.82, 2.24) is 10.6 Å². The van der Waals surface area contributed by atoms with Gasteiger partial charge in [0, 0.05) is 18.6 Å². The summed E-state index contributed by atoms with van der Waals surface area (Å²) in [5, 5.41) is 6.62. The second-order valence-electron chi connectivity index (χ2n) is 7.86. The number of hydrogen-bond donors (Lipinski definition) is 2. The molecule has 1 rings (SSSR count). The van der Waals surface area contributed by atoms with Gasteiger partial charge in [0.1, 0.15) is 5.60 Å². The molecule has 4 heteroatoms. The Morgan fingerprint density at radius 1 is 1.19 bits per heavy atom. The summed E-state index contributed by atoms with van der Waals surface area (Å²) in [4.78, 5) is 11.9. The molecule has 0 radical (unpaired) electrons. The smallest absolute Gasteiger partial charge is 0.407 e. The minimum atomic E-state index is -0.446. The highest BCUT2D eigenvalue weighted by atomic mass is 16.6. The Hall–Kier alpha value is -0.770. The topological polar surface area (TPSA) is 50.4 Å². The van der Waals surface area contributed by atoms with Crippen LogP contribution in [0.5, 0.6) is 0 Å². The molecule has 1 amide bonds. The van der Waals surface area contributed by atoms with Gasteiger partial charge in [0.05, 0.1) is 0 Å². The maximum Gasteiger partial charge on any atom is 0.407 e. The number of alkyl carbamates (subject to hydrolysis) is 1. The lowest BCUT2D eigenvalue weighted by Crippen LogP contribution is -2.49. The van der Waals surface area contributed by atoms with Crippen molar-refractivity contribution < 1.29 is 9.53 Å². The molecule has 1 saturated carbocycles. The molecule has 1 aliphatic carbocycles. The minimum absolute atomic E-state index is 0.110. The van der Waals surface area contributed by atoms with Gasteiger partial charge in [-0.05, 0) is 58.3 Å². The Morgan fingerprint density at radius 3 is 2.24 bits per heavy atom. The van der Waals surface area contributed by atoms with E-state index in [1.165, 1.54) is 25.7 Å². The summed E-state index contributed by atoms with van der Waals surface area (Å²) in [6, 6.07) is 0.710. The van der Waals surface area contributed by atoms with Crippen molar-refractivity contribution in [2.24, 2.45) is 11.8 Å². The molecule has 0 aromatic carbocycles. The summed E-state index contributed by atoms with van der Waals surface area (Å²) in [5.74, 6) is 1.25. The summed E-state index contributed by atoms with van der Waals surface area (Å²) < 4.78 is 5.35. The molecule has 0 saturated heterocycles. The highest BCUT2D eigenvalue weighted by Gasteiger charge is 2.23. The molecule has 0 aromatic heterocycles. The van der Waals surface area contributed by atoms with Crippen molar-refractivity contribution in [3.63, 3.8) is 0 Å². The number of nitrogens with one attached hydrogen (secondary N) is 2.